The number of hydrogen-bond donors (Lipinski definition) is 0. The highest BCUT2D eigenvalue weighted by molar-refractivity contribution is 7.00. The van der Waals surface area contributed by atoms with Gasteiger partial charge < -0.3 is 4.40 Å². The number of para-hydroxylation sites is 1. The van der Waals surface area contributed by atoms with Gasteiger partial charge in [-0.25, -0.2) is 0 Å². The first kappa shape index (κ1) is 29.6. The van der Waals surface area contributed by atoms with Crippen LogP contribution in [0.5, 0.6) is 0 Å². The summed E-state index contributed by atoms with van der Waals surface area (Å²) in [6.45, 7) is -0.167. The Hall–Kier alpha value is -6.97. The highest BCUT2D eigenvalue weighted by Crippen LogP contribution is 2.43. The molecule has 12 rings (SSSR count). The van der Waals surface area contributed by atoms with Crippen LogP contribution in [0.25, 0.3) is 93.0 Å². The molecule has 0 aliphatic carbocycles. The van der Waals surface area contributed by atoms with Gasteiger partial charge in [-0.2, -0.15) is 0 Å². The number of aromatic nitrogens is 1. The minimum atomic E-state index is -0.167. The second-order valence-corrected chi connectivity index (χ2v) is 14.7. The van der Waals surface area contributed by atoms with E-state index in [1.165, 1.54) is 71.4 Å². The molecular weight excluding hydrogens is 653 g/mol. The predicted octanol–water partition coefficient (Wildman–Crippen LogP) is 10.3. The maximum atomic E-state index is 14.9. The standard InChI is InChI=1S/C51H30BNO/c54-51-39-25-14-26-43-48(39)53-49-42(51)27-34-21-10-12-23-37(34)45(49)46-38-24-13-11-22-35(38)30-44(50(46)53)52(43)47-40(32-17-6-2-7-18-32)28-36(31-15-4-1-5-16-31)29-41(47)33-19-8-3-9-20-33/h1-30H. The lowest BCUT2D eigenvalue weighted by atomic mass is 9.34. The molecule has 2 nitrogen and oxygen atoms in total. The van der Waals surface area contributed by atoms with Crippen LogP contribution in [-0.4, -0.2) is 11.1 Å². The molecule has 54 heavy (non-hydrogen) atoms. The van der Waals surface area contributed by atoms with Crippen molar-refractivity contribution in [3.63, 3.8) is 0 Å². The molecule has 2 aromatic heterocycles. The summed E-state index contributed by atoms with van der Waals surface area (Å²) >= 11 is 0. The highest BCUT2D eigenvalue weighted by atomic mass is 16.1. The summed E-state index contributed by atoms with van der Waals surface area (Å²) in [5.74, 6) is 0. The van der Waals surface area contributed by atoms with Crippen LogP contribution in [-0.2, 0) is 0 Å². The van der Waals surface area contributed by atoms with Crippen molar-refractivity contribution >= 4 is 82.7 Å². The Morgan fingerprint density at radius 2 is 0.889 bits per heavy atom. The highest BCUT2D eigenvalue weighted by Gasteiger charge is 2.38. The van der Waals surface area contributed by atoms with Crippen molar-refractivity contribution < 1.29 is 0 Å². The second kappa shape index (κ2) is 11.0. The molecule has 3 heterocycles. The van der Waals surface area contributed by atoms with E-state index >= 15 is 0 Å². The maximum Gasteiger partial charge on any atom is 0.248 e. The van der Waals surface area contributed by atoms with Gasteiger partial charge in [0.05, 0.1) is 16.6 Å². The zero-order valence-corrected chi connectivity index (χ0v) is 29.3. The van der Waals surface area contributed by atoms with Gasteiger partial charge in [-0.05, 0) is 90.1 Å². The fraction of sp³-hybridized carbons (Fsp3) is 0. The zero-order valence-electron chi connectivity index (χ0n) is 29.3. The Labute approximate surface area is 311 Å². The topological polar surface area (TPSA) is 21.5 Å². The molecule has 0 amide bonds. The molecule has 0 saturated heterocycles. The average molecular weight is 684 g/mol. The first-order valence-electron chi connectivity index (χ1n) is 18.7. The fourth-order valence-corrected chi connectivity index (χ4v) is 9.73. The molecule has 0 fully saturated rings. The van der Waals surface area contributed by atoms with Crippen LogP contribution in [0.15, 0.2) is 187 Å². The van der Waals surface area contributed by atoms with Crippen molar-refractivity contribution in [2.75, 3.05) is 0 Å². The van der Waals surface area contributed by atoms with Crippen molar-refractivity contribution in [2.24, 2.45) is 0 Å². The number of pyridine rings is 1. The molecule has 0 saturated carbocycles. The summed E-state index contributed by atoms with van der Waals surface area (Å²) in [5, 5.41) is 8.61. The van der Waals surface area contributed by atoms with Crippen LogP contribution in [0.3, 0.4) is 0 Å². The van der Waals surface area contributed by atoms with E-state index in [1.807, 2.05) is 6.07 Å². The molecule has 248 valence electrons. The third-order valence-corrected chi connectivity index (χ3v) is 11.9. The summed E-state index contributed by atoms with van der Waals surface area (Å²) in [5.41, 5.74) is 14.1. The van der Waals surface area contributed by atoms with E-state index < -0.39 is 0 Å². The number of nitrogens with zero attached hydrogens (tertiary/aromatic N) is 1. The first-order chi connectivity index (χ1) is 26.7. The Kier molecular flexibility index (Phi) is 6.04. The molecule has 11 aromatic rings. The summed E-state index contributed by atoms with van der Waals surface area (Å²) in [6, 6.07) is 65.5. The average Bonchev–Trinajstić information content (AvgIpc) is 3.61. The van der Waals surface area contributed by atoms with Gasteiger partial charge in [0, 0.05) is 21.5 Å². The smallest absolute Gasteiger partial charge is 0.248 e. The van der Waals surface area contributed by atoms with E-state index in [-0.39, 0.29) is 12.1 Å². The van der Waals surface area contributed by atoms with Crippen molar-refractivity contribution in [3.05, 3.63) is 192 Å². The lowest BCUT2D eigenvalue weighted by molar-refractivity contribution is 1.35. The van der Waals surface area contributed by atoms with Crippen LogP contribution in [0.2, 0.25) is 0 Å². The van der Waals surface area contributed by atoms with Gasteiger partial charge in [0.15, 0.2) is 5.43 Å². The van der Waals surface area contributed by atoms with Gasteiger partial charge in [0.2, 0.25) is 6.71 Å². The van der Waals surface area contributed by atoms with E-state index in [2.05, 4.69) is 180 Å². The van der Waals surface area contributed by atoms with E-state index in [4.69, 9.17) is 0 Å². The minimum absolute atomic E-state index is 0.0930. The van der Waals surface area contributed by atoms with Crippen molar-refractivity contribution in [3.8, 4) is 33.4 Å². The molecule has 9 aromatic carbocycles. The molecule has 0 unspecified atom stereocenters. The molecular formula is C51H30BNO. The summed E-state index contributed by atoms with van der Waals surface area (Å²) in [4.78, 5) is 14.9. The van der Waals surface area contributed by atoms with E-state index in [1.54, 1.807) is 0 Å². The Bertz CT molecular complexity index is 3330. The maximum absolute atomic E-state index is 14.9. The summed E-state index contributed by atoms with van der Waals surface area (Å²) in [6.07, 6.45) is 0. The van der Waals surface area contributed by atoms with Crippen LogP contribution < -0.4 is 21.8 Å². The summed E-state index contributed by atoms with van der Waals surface area (Å²) < 4.78 is 2.46. The van der Waals surface area contributed by atoms with Crippen molar-refractivity contribution in [1.82, 2.24) is 4.40 Å². The van der Waals surface area contributed by atoms with Crippen molar-refractivity contribution in [2.45, 2.75) is 0 Å². The quantitative estimate of drug-likeness (QED) is 0.134. The third kappa shape index (κ3) is 3.93. The van der Waals surface area contributed by atoms with Gasteiger partial charge in [-0.3, -0.25) is 4.79 Å². The normalized spacial score (nSPS) is 12.5. The molecule has 0 N–H and O–H groups in total. The van der Waals surface area contributed by atoms with Gasteiger partial charge in [0.1, 0.15) is 0 Å². The predicted molar refractivity (Wildman–Crippen MR) is 230 cm³/mol. The lowest BCUT2D eigenvalue weighted by Gasteiger charge is -2.29. The Morgan fingerprint density at radius 1 is 0.370 bits per heavy atom. The largest absolute Gasteiger partial charge is 0.309 e. The lowest BCUT2D eigenvalue weighted by Crippen LogP contribution is -2.56. The monoisotopic (exact) mass is 683 g/mol. The van der Waals surface area contributed by atoms with Crippen LogP contribution in [0.4, 0.5) is 0 Å². The molecule has 1 aliphatic heterocycles. The molecule has 0 bridgehead atoms. The van der Waals surface area contributed by atoms with Crippen LogP contribution >= 0.6 is 0 Å². The Morgan fingerprint density at radius 3 is 1.52 bits per heavy atom. The number of benzene rings is 9. The minimum Gasteiger partial charge on any atom is -0.309 e. The van der Waals surface area contributed by atoms with Gasteiger partial charge in [0.25, 0.3) is 0 Å². The molecule has 1 aliphatic rings. The molecule has 3 heteroatoms. The Balaban J connectivity index is 1.34. The fourth-order valence-electron chi connectivity index (χ4n) is 9.73. The molecule has 0 spiro atoms. The SMILES string of the molecule is O=c1c2cccc3c2n2c4c(cc5ccccc5c4c4c5ccccc5cc1c42)B3c1c(-c2ccccc2)cc(-c2ccccc2)cc1-c1ccccc1. The summed E-state index contributed by atoms with van der Waals surface area (Å²) in [7, 11) is 0. The van der Waals surface area contributed by atoms with Crippen LogP contribution in [0.1, 0.15) is 0 Å². The number of hydrogen-bond acceptors (Lipinski definition) is 1. The first-order valence-corrected chi connectivity index (χ1v) is 18.7. The third-order valence-electron chi connectivity index (χ3n) is 11.9. The van der Waals surface area contributed by atoms with Gasteiger partial charge >= 0.3 is 0 Å². The van der Waals surface area contributed by atoms with Gasteiger partial charge in [-0.1, -0.05) is 163 Å². The van der Waals surface area contributed by atoms with E-state index in [0.717, 1.165) is 38.0 Å². The second-order valence-electron chi connectivity index (χ2n) is 14.7. The van der Waals surface area contributed by atoms with Gasteiger partial charge in [-0.15, -0.1) is 0 Å². The zero-order chi connectivity index (χ0) is 35.5. The van der Waals surface area contributed by atoms with E-state index in [0.29, 0.717) is 0 Å². The van der Waals surface area contributed by atoms with E-state index in [9.17, 15) is 4.79 Å². The molecule has 0 atom stereocenters. The molecule has 0 radical (unpaired) electrons. The van der Waals surface area contributed by atoms with Crippen LogP contribution in [0, 0.1) is 0 Å². The number of fused-ring (bicyclic) bond motifs is 5. The number of rotatable bonds is 4. The van der Waals surface area contributed by atoms with Crippen molar-refractivity contribution in [1.29, 1.82) is 0 Å².